The molecule has 0 aliphatic carbocycles. The standard InChI is InChI=1S/C17H22N2O2/c1-12(2)21-17-14(5-4-8-19-17)10-18-11-15-9-13(3)6-7-16(15)20/h4-9,12,18,20H,10-11H2,1-3H3. The summed E-state index contributed by atoms with van der Waals surface area (Å²) < 4.78 is 5.69. The van der Waals surface area contributed by atoms with Gasteiger partial charge in [0.2, 0.25) is 5.88 Å². The Bertz CT molecular complexity index is 597. The van der Waals surface area contributed by atoms with E-state index in [1.165, 1.54) is 0 Å². The molecule has 21 heavy (non-hydrogen) atoms. The molecule has 0 aliphatic rings. The lowest BCUT2D eigenvalue weighted by Crippen LogP contribution is -2.16. The van der Waals surface area contributed by atoms with Gasteiger partial charge in [-0.05, 0) is 32.9 Å². The summed E-state index contributed by atoms with van der Waals surface area (Å²) in [5.74, 6) is 0.978. The van der Waals surface area contributed by atoms with Crippen molar-refractivity contribution >= 4 is 0 Å². The molecule has 2 N–H and O–H groups in total. The molecule has 4 heteroatoms. The number of nitrogens with one attached hydrogen (secondary N) is 1. The predicted molar refractivity (Wildman–Crippen MR) is 83.4 cm³/mol. The lowest BCUT2D eigenvalue weighted by molar-refractivity contribution is 0.229. The Balaban J connectivity index is 1.99. The first-order chi connectivity index (χ1) is 10.1. The van der Waals surface area contributed by atoms with E-state index >= 15 is 0 Å². The molecule has 0 unspecified atom stereocenters. The van der Waals surface area contributed by atoms with E-state index in [0.717, 1.165) is 16.7 Å². The van der Waals surface area contributed by atoms with Crippen LogP contribution < -0.4 is 10.1 Å². The molecule has 0 radical (unpaired) electrons. The Morgan fingerprint density at radius 2 is 1.95 bits per heavy atom. The fourth-order valence-electron chi connectivity index (χ4n) is 2.08. The van der Waals surface area contributed by atoms with E-state index in [2.05, 4.69) is 10.3 Å². The maximum absolute atomic E-state index is 9.83. The lowest BCUT2D eigenvalue weighted by atomic mass is 10.1. The number of rotatable bonds is 6. The quantitative estimate of drug-likeness (QED) is 0.856. The van der Waals surface area contributed by atoms with Gasteiger partial charge in [0.15, 0.2) is 0 Å². The lowest BCUT2D eigenvalue weighted by Gasteiger charge is -2.13. The number of pyridine rings is 1. The van der Waals surface area contributed by atoms with E-state index in [4.69, 9.17) is 4.74 Å². The molecular formula is C17H22N2O2. The summed E-state index contributed by atoms with van der Waals surface area (Å²) in [6.45, 7) is 7.22. The molecule has 4 nitrogen and oxygen atoms in total. The smallest absolute Gasteiger partial charge is 0.218 e. The zero-order valence-corrected chi connectivity index (χ0v) is 12.8. The maximum Gasteiger partial charge on any atom is 0.218 e. The number of hydrogen-bond acceptors (Lipinski definition) is 4. The molecule has 2 rings (SSSR count). The van der Waals surface area contributed by atoms with Crippen molar-refractivity contribution in [1.29, 1.82) is 0 Å². The molecule has 0 atom stereocenters. The average molecular weight is 286 g/mol. The van der Waals surface area contributed by atoms with Gasteiger partial charge in [-0.3, -0.25) is 0 Å². The second-order valence-electron chi connectivity index (χ2n) is 5.37. The SMILES string of the molecule is Cc1ccc(O)c(CNCc2cccnc2OC(C)C)c1. The van der Waals surface area contributed by atoms with Crippen LogP contribution in [0.4, 0.5) is 0 Å². The van der Waals surface area contributed by atoms with Crippen LogP contribution in [-0.4, -0.2) is 16.2 Å². The average Bonchev–Trinajstić information content (AvgIpc) is 2.44. The van der Waals surface area contributed by atoms with Crippen molar-refractivity contribution in [2.75, 3.05) is 0 Å². The molecular weight excluding hydrogens is 264 g/mol. The number of benzene rings is 1. The first-order valence-corrected chi connectivity index (χ1v) is 7.16. The van der Waals surface area contributed by atoms with Gasteiger partial charge >= 0.3 is 0 Å². The van der Waals surface area contributed by atoms with Crippen LogP contribution in [-0.2, 0) is 13.1 Å². The highest BCUT2D eigenvalue weighted by Gasteiger charge is 2.07. The Kier molecular flexibility index (Phi) is 5.17. The number of hydrogen-bond donors (Lipinski definition) is 2. The third kappa shape index (κ3) is 4.46. The molecule has 1 aromatic carbocycles. The van der Waals surface area contributed by atoms with Crippen molar-refractivity contribution in [3.8, 4) is 11.6 Å². The zero-order valence-electron chi connectivity index (χ0n) is 12.8. The van der Waals surface area contributed by atoms with Gasteiger partial charge in [-0.15, -0.1) is 0 Å². The molecule has 0 spiro atoms. The van der Waals surface area contributed by atoms with Crippen LogP contribution in [0.5, 0.6) is 11.6 Å². The molecule has 0 amide bonds. The van der Waals surface area contributed by atoms with Crippen molar-refractivity contribution in [2.45, 2.75) is 40.0 Å². The minimum atomic E-state index is 0.0967. The first-order valence-electron chi connectivity index (χ1n) is 7.16. The summed E-state index contributed by atoms with van der Waals surface area (Å²) in [6.07, 6.45) is 1.83. The Hall–Kier alpha value is -2.07. The molecule has 0 saturated carbocycles. The topological polar surface area (TPSA) is 54.4 Å². The number of ether oxygens (including phenoxy) is 1. The van der Waals surface area contributed by atoms with Gasteiger partial charge in [0, 0.05) is 30.4 Å². The van der Waals surface area contributed by atoms with Crippen LogP contribution in [0.2, 0.25) is 0 Å². The molecule has 2 aromatic rings. The highest BCUT2D eigenvalue weighted by Crippen LogP contribution is 2.19. The van der Waals surface area contributed by atoms with Crippen LogP contribution in [0.1, 0.15) is 30.5 Å². The summed E-state index contributed by atoms with van der Waals surface area (Å²) in [4.78, 5) is 4.26. The summed E-state index contributed by atoms with van der Waals surface area (Å²) in [6, 6.07) is 9.50. The van der Waals surface area contributed by atoms with E-state index in [0.29, 0.717) is 24.7 Å². The van der Waals surface area contributed by atoms with E-state index in [-0.39, 0.29) is 6.10 Å². The summed E-state index contributed by atoms with van der Waals surface area (Å²) in [5.41, 5.74) is 3.04. The van der Waals surface area contributed by atoms with Gasteiger partial charge in [0.1, 0.15) is 5.75 Å². The van der Waals surface area contributed by atoms with Crippen LogP contribution in [0, 0.1) is 6.92 Å². The van der Waals surface area contributed by atoms with Gasteiger partial charge in [0.25, 0.3) is 0 Å². The van der Waals surface area contributed by atoms with E-state index in [1.54, 1.807) is 12.3 Å². The Labute approximate surface area is 125 Å². The van der Waals surface area contributed by atoms with Gasteiger partial charge in [0.05, 0.1) is 6.10 Å². The molecule has 0 fully saturated rings. The van der Waals surface area contributed by atoms with Crippen LogP contribution in [0.3, 0.4) is 0 Å². The summed E-state index contributed by atoms with van der Waals surface area (Å²) in [7, 11) is 0. The highest BCUT2D eigenvalue weighted by molar-refractivity contribution is 5.35. The Morgan fingerprint density at radius 3 is 2.71 bits per heavy atom. The van der Waals surface area contributed by atoms with E-state index in [1.807, 2.05) is 45.0 Å². The third-order valence-electron chi connectivity index (χ3n) is 3.06. The van der Waals surface area contributed by atoms with E-state index < -0.39 is 0 Å². The fraction of sp³-hybridized carbons (Fsp3) is 0.353. The number of aromatic nitrogens is 1. The van der Waals surface area contributed by atoms with Crippen molar-refractivity contribution in [1.82, 2.24) is 10.3 Å². The number of nitrogens with zero attached hydrogens (tertiary/aromatic N) is 1. The monoisotopic (exact) mass is 286 g/mol. The minimum absolute atomic E-state index is 0.0967. The highest BCUT2D eigenvalue weighted by atomic mass is 16.5. The summed E-state index contributed by atoms with van der Waals surface area (Å²) >= 11 is 0. The van der Waals surface area contributed by atoms with Gasteiger partial charge < -0.3 is 15.2 Å². The largest absolute Gasteiger partial charge is 0.508 e. The second-order valence-corrected chi connectivity index (χ2v) is 5.37. The van der Waals surface area contributed by atoms with Gasteiger partial charge in [-0.2, -0.15) is 0 Å². The maximum atomic E-state index is 9.83. The van der Waals surface area contributed by atoms with E-state index in [9.17, 15) is 5.11 Å². The van der Waals surface area contributed by atoms with Crippen LogP contribution >= 0.6 is 0 Å². The fourth-order valence-corrected chi connectivity index (χ4v) is 2.08. The van der Waals surface area contributed by atoms with Crippen molar-refractivity contribution in [3.05, 3.63) is 53.2 Å². The molecule has 0 bridgehead atoms. The first kappa shape index (κ1) is 15.3. The predicted octanol–water partition coefficient (Wildman–Crippen LogP) is 3.17. The summed E-state index contributed by atoms with van der Waals surface area (Å²) in [5, 5.41) is 13.1. The van der Waals surface area contributed by atoms with Crippen molar-refractivity contribution in [2.24, 2.45) is 0 Å². The number of phenolic OH excluding ortho intramolecular Hbond substituents is 1. The number of phenols is 1. The number of aryl methyl sites for hydroxylation is 1. The Morgan fingerprint density at radius 1 is 1.19 bits per heavy atom. The normalized spacial score (nSPS) is 10.9. The van der Waals surface area contributed by atoms with Gasteiger partial charge in [-0.1, -0.05) is 23.8 Å². The second kappa shape index (κ2) is 7.09. The molecule has 112 valence electrons. The minimum Gasteiger partial charge on any atom is -0.508 e. The molecule has 0 aliphatic heterocycles. The molecule has 0 saturated heterocycles. The van der Waals surface area contributed by atoms with Crippen molar-refractivity contribution < 1.29 is 9.84 Å². The molecule has 1 aromatic heterocycles. The van der Waals surface area contributed by atoms with Crippen LogP contribution in [0.15, 0.2) is 36.5 Å². The van der Waals surface area contributed by atoms with Crippen molar-refractivity contribution in [3.63, 3.8) is 0 Å². The zero-order chi connectivity index (χ0) is 15.2. The number of aromatic hydroxyl groups is 1. The van der Waals surface area contributed by atoms with Gasteiger partial charge in [-0.25, -0.2) is 4.98 Å². The molecule has 1 heterocycles. The third-order valence-corrected chi connectivity index (χ3v) is 3.06. The van der Waals surface area contributed by atoms with Crippen LogP contribution in [0.25, 0.3) is 0 Å².